The SMILES string of the molecule is COC1CC(NCC(O)COCc2ccc(Cl)cc2)C1. The van der Waals surface area contributed by atoms with Crippen molar-refractivity contribution in [2.24, 2.45) is 0 Å². The number of rotatable bonds is 8. The fraction of sp³-hybridized carbons (Fsp3) is 0.600. The smallest absolute Gasteiger partial charge is 0.0897 e. The van der Waals surface area contributed by atoms with Crippen molar-refractivity contribution in [1.82, 2.24) is 5.32 Å². The molecule has 0 radical (unpaired) electrons. The summed E-state index contributed by atoms with van der Waals surface area (Å²) in [6, 6.07) is 7.98. The van der Waals surface area contributed by atoms with Crippen molar-refractivity contribution in [2.75, 3.05) is 20.3 Å². The molecule has 1 aromatic carbocycles. The van der Waals surface area contributed by atoms with Crippen molar-refractivity contribution in [2.45, 2.75) is 37.7 Å². The average Bonchev–Trinajstić information content (AvgIpc) is 2.39. The van der Waals surface area contributed by atoms with Crippen LogP contribution in [0.5, 0.6) is 0 Å². The Labute approximate surface area is 125 Å². The van der Waals surface area contributed by atoms with Crippen LogP contribution in [0.4, 0.5) is 0 Å². The first-order valence-electron chi connectivity index (χ1n) is 6.94. The summed E-state index contributed by atoms with van der Waals surface area (Å²) in [5.74, 6) is 0. The van der Waals surface area contributed by atoms with E-state index in [1.807, 2.05) is 24.3 Å². The minimum Gasteiger partial charge on any atom is -0.389 e. The standard InChI is InChI=1S/C15H22ClNO3/c1-19-15-6-13(7-15)17-8-14(18)10-20-9-11-2-4-12(16)5-3-11/h2-5,13-15,17-18H,6-10H2,1H3. The van der Waals surface area contributed by atoms with Gasteiger partial charge in [0.2, 0.25) is 0 Å². The summed E-state index contributed by atoms with van der Waals surface area (Å²) in [7, 11) is 1.74. The lowest BCUT2D eigenvalue weighted by Gasteiger charge is -2.35. The van der Waals surface area contributed by atoms with E-state index < -0.39 is 6.10 Å². The van der Waals surface area contributed by atoms with E-state index in [-0.39, 0.29) is 0 Å². The topological polar surface area (TPSA) is 50.7 Å². The number of nitrogens with one attached hydrogen (secondary N) is 1. The predicted octanol–water partition coefficient (Wildman–Crippen LogP) is 1.98. The number of hydrogen-bond acceptors (Lipinski definition) is 4. The highest BCUT2D eigenvalue weighted by atomic mass is 35.5. The molecule has 0 amide bonds. The van der Waals surface area contributed by atoms with Gasteiger partial charge < -0.3 is 19.9 Å². The molecule has 0 saturated heterocycles. The molecule has 2 N–H and O–H groups in total. The van der Waals surface area contributed by atoms with Crippen LogP contribution >= 0.6 is 11.6 Å². The normalized spacial score (nSPS) is 23.4. The largest absolute Gasteiger partial charge is 0.389 e. The lowest BCUT2D eigenvalue weighted by atomic mass is 9.89. The number of benzene rings is 1. The van der Waals surface area contributed by atoms with Crippen LogP contribution in [0.1, 0.15) is 18.4 Å². The maximum atomic E-state index is 9.82. The number of hydrogen-bond donors (Lipinski definition) is 2. The van der Waals surface area contributed by atoms with Crippen LogP contribution in [0.15, 0.2) is 24.3 Å². The van der Waals surface area contributed by atoms with Gasteiger partial charge in [-0.25, -0.2) is 0 Å². The molecule has 112 valence electrons. The maximum absolute atomic E-state index is 9.82. The van der Waals surface area contributed by atoms with Crippen LogP contribution in [-0.2, 0) is 16.1 Å². The molecule has 0 aromatic heterocycles. The second-order valence-electron chi connectivity index (χ2n) is 5.23. The quantitative estimate of drug-likeness (QED) is 0.771. The molecule has 0 spiro atoms. The molecule has 5 heteroatoms. The maximum Gasteiger partial charge on any atom is 0.0897 e. The summed E-state index contributed by atoms with van der Waals surface area (Å²) < 4.78 is 10.7. The Morgan fingerprint density at radius 2 is 2.05 bits per heavy atom. The molecule has 1 atom stereocenters. The highest BCUT2D eigenvalue weighted by Crippen LogP contribution is 2.22. The zero-order valence-corrected chi connectivity index (χ0v) is 12.5. The van der Waals surface area contributed by atoms with Crippen molar-refractivity contribution in [3.05, 3.63) is 34.9 Å². The monoisotopic (exact) mass is 299 g/mol. The molecule has 1 unspecified atom stereocenters. The summed E-state index contributed by atoms with van der Waals surface area (Å²) in [6.07, 6.45) is 1.94. The highest BCUT2D eigenvalue weighted by molar-refractivity contribution is 6.30. The van der Waals surface area contributed by atoms with Crippen LogP contribution in [-0.4, -0.2) is 43.6 Å². The van der Waals surface area contributed by atoms with Crippen molar-refractivity contribution in [3.63, 3.8) is 0 Å². The van der Waals surface area contributed by atoms with E-state index >= 15 is 0 Å². The summed E-state index contributed by atoms with van der Waals surface area (Å²) in [6.45, 7) is 1.38. The van der Waals surface area contributed by atoms with Gasteiger partial charge in [0.1, 0.15) is 0 Å². The van der Waals surface area contributed by atoms with Gasteiger partial charge in [0.15, 0.2) is 0 Å². The van der Waals surface area contributed by atoms with E-state index in [2.05, 4.69) is 5.32 Å². The molecule has 20 heavy (non-hydrogen) atoms. The number of aliphatic hydroxyl groups is 1. The van der Waals surface area contributed by atoms with Crippen molar-refractivity contribution in [1.29, 1.82) is 0 Å². The van der Waals surface area contributed by atoms with Gasteiger partial charge in [-0.15, -0.1) is 0 Å². The molecule has 1 aromatic rings. The van der Waals surface area contributed by atoms with Gasteiger partial charge in [0.05, 0.1) is 25.4 Å². The molecule has 2 rings (SSSR count). The Hall–Kier alpha value is -0.650. The second-order valence-corrected chi connectivity index (χ2v) is 5.67. The first kappa shape index (κ1) is 15.7. The third-order valence-corrected chi connectivity index (χ3v) is 3.81. The molecule has 4 nitrogen and oxygen atoms in total. The highest BCUT2D eigenvalue weighted by Gasteiger charge is 2.28. The van der Waals surface area contributed by atoms with E-state index in [1.54, 1.807) is 7.11 Å². The van der Waals surface area contributed by atoms with Crippen LogP contribution in [0.2, 0.25) is 5.02 Å². The fourth-order valence-corrected chi connectivity index (χ4v) is 2.31. The van der Waals surface area contributed by atoms with Crippen molar-refractivity contribution in [3.8, 4) is 0 Å². The van der Waals surface area contributed by atoms with Gasteiger partial charge in [-0.05, 0) is 30.5 Å². The Bertz CT molecular complexity index is 393. The second kappa shape index (κ2) is 7.96. The predicted molar refractivity (Wildman–Crippen MR) is 78.9 cm³/mol. The number of methoxy groups -OCH3 is 1. The zero-order valence-electron chi connectivity index (χ0n) is 11.7. The Kier molecular flexibility index (Phi) is 6.26. The third-order valence-electron chi connectivity index (χ3n) is 3.56. The molecule has 1 aliphatic carbocycles. The van der Waals surface area contributed by atoms with E-state index in [9.17, 15) is 5.11 Å². The van der Waals surface area contributed by atoms with E-state index in [4.69, 9.17) is 21.1 Å². The lowest BCUT2D eigenvalue weighted by Crippen LogP contribution is -2.47. The summed E-state index contributed by atoms with van der Waals surface area (Å²) in [5, 5.41) is 13.9. The average molecular weight is 300 g/mol. The van der Waals surface area contributed by atoms with E-state index in [0.29, 0.717) is 36.9 Å². The van der Waals surface area contributed by atoms with Gasteiger partial charge in [0.25, 0.3) is 0 Å². The molecular formula is C15H22ClNO3. The number of aliphatic hydroxyl groups excluding tert-OH is 1. The fourth-order valence-electron chi connectivity index (χ4n) is 2.18. The first-order valence-corrected chi connectivity index (χ1v) is 7.31. The van der Waals surface area contributed by atoms with E-state index in [1.165, 1.54) is 0 Å². The Balaban J connectivity index is 1.54. The molecular weight excluding hydrogens is 278 g/mol. The van der Waals surface area contributed by atoms with Gasteiger partial charge in [0, 0.05) is 24.7 Å². The lowest BCUT2D eigenvalue weighted by molar-refractivity contribution is 0.00208. The first-order chi connectivity index (χ1) is 9.67. The van der Waals surface area contributed by atoms with Gasteiger partial charge in [-0.3, -0.25) is 0 Å². The summed E-state index contributed by atoms with van der Waals surface area (Å²) >= 11 is 5.81. The zero-order chi connectivity index (χ0) is 14.4. The summed E-state index contributed by atoms with van der Waals surface area (Å²) in [5.41, 5.74) is 1.05. The van der Waals surface area contributed by atoms with Crippen molar-refractivity contribution < 1.29 is 14.6 Å². The Morgan fingerprint density at radius 1 is 1.35 bits per heavy atom. The van der Waals surface area contributed by atoms with Crippen molar-refractivity contribution >= 4 is 11.6 Å². The molecule has 1 aliphatic rings. The minimum absolute atomic E-state index is 0.329. The molecule has 1 fully saturated rings. The third kappa shape index (κ3) is 5.04. The van der Waals surface area contributed by atoms with Crippen LogP contribution in [0.25, 0.3) is 0 Å². The molecule has 0 heterocycles. The number of halogens is 1. The molecule has 0 bridgehead atoms. The van der Waals surface area contributed by atoms with Crippen LogP contribution < -0.4 is 5.32 Å². The van der Waals surface area contributed by atoms with Crippen LogP contribution in [0.3, 0.4) is 0 Å². The van der Waals surface area contributed by atoms with Gasteiger partial charge in [-0.2, -0.15) is 0 Å². The summed E-state index contributed by atoms with van der Waals surface area (Å²) in [4.78, 5) is 0. The molecule has 0 aliphatic heterocycles. The Morgan fingerprint density at radius 3 is 2.70 bits per heavy atom. The molecule has 1 saturated carbocycles. The number of ether oxygens (including phenoxy) is 2. The van der Waals surface area contributed by atoms with Gasteiger partial charge >= 0.3 is 0 Å². The van der Waals surface area contributed by atoms with E-state index in [0.717, 1.165) is 18.4 Å². The van der Waals surface area contributed by atoms with Gasteiger partial charge in [-0.1, -0.05) is 23.7 Å². The van der Waals surface area contributed by atoms with Crippen LogP contribution in [0, 0.1) is 0 Å². The minimum atomic E-state index is -0.483.